The number of furan rings is 1. The van der Waals surface area contributed by atoms with E-state index in [9.17, 15) is 19.7 Å². The number of carbonyl (C=O) groups is 2. The minimum atomic E-state index is -0.480. The van der Waals surface area contributed by atoms with Crippen LogP contribution in [-0.4, -0.2) is 21.7 Å². The largest absolute Gasteiger partial charge is 0.451 e. The Morgan fingerprint density at radius 3 is 2.59 bits per heavy atom. The van der Waals surface area contributed by atoms with Crippen molar-refractivity contribution in [3.63, 3.8) is 0 Å². The van der Waals surface area contributed by atoms with Crippen LogP contribution in [0.25, 0.3) is 22.2 Å². The number of aryl methyl sites for hydroxylation is 1. The second-order valence-electron chi connectivity index (χ2n) is 6.72. The summed E-state index contributed by atoms with van der Waals surface area (Å²) in [5.74, 6) is -0.200. The lowest BCUT2D eigenvalue weighted by atomic mass is 10.1. The van der Waals surface area contributed by atoms with Crippen LogP contribution in [0.3, 0.4) is 0 Å². The number of para-hydroxylation sites is 1. The maximum absolute atomic E-state index is 13.1. The monoisotopic (exact) mass is 388 g/mol. The minimum absolute atomic E-state index is 0.0242. The lowest BCUT2D eigenvalue weighted by Crippen LogP contribution is -2.12. The van der Waals surface area contributed by atoms with Crippen molar-refractivity contribution in [3.8, 4) is 11.3 Å². The third-order valence-electron chi connectivity index (χ3n) is 4.91. The molecule has 29 heavy (non-hydrogen) atoms. The highest BCUT2D eigenvalue weighted by Crippen LogP contribution is 2.33. The number of hydrogen-bond donors (Lipinski definition) is 0. The summed E-state index contributed by atoms with van der Waals surface area (Å²) in [5.41, 5.74) is 2.49. The van der Waals surface area contributed by atoms with Crippen LogP contribution in [0.1, 0.15) is 32.2 Å². The van der Waals surface area contributed by atoms with E-state index in [1.165, 1.54) is 22.8 Å². The summed E-state index contributed by atoms with van der Waals surface area (Å²) < 4.78 is 7.12. The van der Waals surface area contributed by atoms with E-state index in [1.807, 2.05) is 0 Å². The normalized spacial score (nSPS) is 11.0. The zero-order valence-electron chi connectivity index (χ0n) is 15.7. The van der Waals surface area contributed by atoms with E-state index in [1.54, 1.807) is 50.2 Å². The molecule has 7 heteroatoms. The third-order valence-corrected chi connectivity index (χ3v) is 4.91. The SMILES string of the molecule is Cc1ccc(-c2ccc(C(=O)n3c(C)c(C=O)c4ccccc43)o2)c([N+](=O)[O-])c1. The highest BCUT2D eigenvalue weighted by atomic mass is 16.6. The van der Waals surface area contributed by atoms with E-state index in [2.05, 4.69) is 0 Å². The molecule has 7 nitrogen and oxygen atoms in total. The molecular weight excluding hydrogens is 372 g/mol. The Balaban J connectivity index is 1.82. The van der Waals surface area contributed by atoms with Crippen LogP contribution >= 0.6 is 0 Å². The molecule has 0 saturated carbocycles. The zero-order valence-corrected chi connectivity index (χ0v) is 15.7. The quantitative estimate of drug-likeness (QED) is 0.281. The molecule has 0 atom stereocenters. The lowest BCUT2D eigenvalue weighted by Gasteiger charge is -2.05. The van der Waals surface area contributed by atoms with Gasteiger partial charge in [-0.1, -0.05) is 24.3 Å². The van der Waals surface area contributed by atoms with Crippen LogP contribution in [0.5, 0.6) is 0 Å². The van der Waals surface area contributed by atoms with Crippen LogP contribution < -0.4 is 0 Å². The molecule has 0 amide bonds. The van der Waals surface area contributed by atoms with Gasteiger partial charge >= 0.3 is 0 Å². The molecule has 0 radical (unpaired) electrons. The molecule has 4 aromatic rings. The summed E-state index contributed by atoms with van der Waals surface area (Å²) in [6, 6.07) is 14.9. The second kappa shape index (κ2) is 6.87. The Morgan fingerprint density at radius 1 is 1.10 bits per heavy atom. The number of benzene rings is 2. The lowest BCUT2D eigenvalue weighted by molar-refractivity contribution is -0.384. The van der Waals surface area contributed by atoms with Gasteiger partial charge in [0.1, 0.15) is 5.76 Å². The van der Waals surface area contributed by atoms with Crippen LogP contribution in [0, 0.1) is 24.0 Å². The minimum Gasteiger partial charge on any atom is -0.451 e. The number of rotatable bonds is 4. The summed E-state index contributed by atoms with van der Waals surface area (Å²) in [4.78, 5) is 35.6. The molecule has 2 heterocycles. The molecule has 0 aliphatic rings. The molecule has 2 aromatic carbocycles. The van der Waals surface area contributed by atoms with Gasteiger partial charge in [-0.05, 0) is 43.7 Å². The fourth-order valence-corrected chi connectivity index (χ4v) is 3.51. The van der Waals surface area contributed by atoms with Crippen LogP contribution in [0.2, 0.25) is 0 Å². The second-order valence-corrected chi connectivity index (χ2v) is 6.72. The molecule has 0 N–H and O–H groups in total. The summed E-state index contributed by atoms with van der Waals surface area (Å²) in [6.45, 7) is 3.45. The predicted octanol–water partition coefficient (Wildman–Crippen LogP) is 4.93. The number of aldehydes is 1. The molecule has 4 rings (SSSR count). The predicted molar refractivity (Wildman–Crippen MR) is 107 cm³/mol. The Hall–Kier alpha value is -4.00. The number of fused-ring (bicyclic) bond motifs is 1. The highest BCUT2D eigenvalue weighted by Gasteiger charge is 2.24. The van der Waals surface area contributed by atoms with Crippen molar-refractivity contribution < 1.29 is 18.9 Å². The zero-order chi connectivity index (χ0) is 20.7. The molecule has 144 valence electrons. The molecule has 0 aliphatic heterocycles. The van der Waals surface area contributed by atoms with E-state index >= 15 is 0 Å². The van der Waals surface area contributed by atoms with Gasteiger partial charge in [0.2, 0.25) is 0 Å². The summed E-state index contributed by atoms with van der Waals surface area (Å²) in [7, 11) is 0. The Bertz CT molecular complexity index is 1300. The number of nitro groups is 1. The maximum atomic E-state index is 13.1. The van der Waals surface area contributed by atoms with Crippen molar-refractivity contribution in [2.75, 3.05) is 0 Å². The number of nitrogens with zero attached hydrogens (tertiary/aromatic N) is 2. The van der Waals surface area contributed by atoms with E-state index in [4.69, 9.17) is 4.42 Å². The van der Waals surface area contributed by atoms with Crippen LogP contribution in [0.15, 0.2) is 59.0 Å². The highest BCUT2D eigenvalue weighted by molar-refractivity contribution is 6.07. The Morgan fingerprint density at radius 2 is 1.86 bits per heavy atom. The van der Waals surface area contributed by atoms with Gasteiger partial charge in [0, 0.05) is 22.7 Å². The Kier molecular flexibility index (Phi) is 4.35. The molecule has 0 aliphatic carbocycles. The van der Waals surface area contributed by atoms with Gasteiger partial charge in [0.15, 0.2) is 12.0 Å². The average Bonchev–Trinajstić information content (AvgIpc) is 3.29. The van der Waals surface area contributed by atoms with E-state index in [0.717, 1.165) is 11.8 Å². The van der Waals surface area contributed by atoms with Gasteiger partial charge in [0.25, 0.3) is 11.6 Å². The summed E-state index contributed by atoms with van der Waals surface area (Å²) in [6.07, 6.45) is 0.727. The molecule has 0 saturated heterocycles. The van der Waals surface area contributed by atoms with Crippen molar-refractivity contribution in [2.45, 2.75) is 13.8 Å². The van der Waals surface area contributed by atoms with Crippen molar-refractivity contribution >= 4 is 28.8 Å². The Labute approximate surface area is 165 Å². The third kappa shape index (κ3) is 2.93. The molecule has 0 bridgehead atoms. The van der Waals surface area contributed by atoms with Crippen molar-refractivity contribution in [3.05, 3.63) is 87.3 Å². The fraction of sp³-hybridized carbons (Fsp3) is 0.0909. The molecule has 2 aromatic heterocycles. The molecular formula is C22H16N2O5. The standard InChI is InChI=1S/C22H16N2O5/c1-13-7-8-16(19(11-13)24(27)28)20-9-10-21(29-20)22(26)23-14(2)17(12-25)15-5-3-4-6-18(15)23/h3-12H,1-2H3. The van der Waals surface area contributed by atoms with E-state index in [-0.39, 0.29) is 17.2 Å². The molecule has 0 fully saturated rings. The number of aromatic nitrogens is 1. The van der Waals surface area contributed by atoms with E-state index in [0.29, 0.717) is 27.7 Å². The molecule has 0 spiro atoms. The fourth-order valence-electron chi connectivity index (χ4n) is 3.51. The van der Waals surface area contributed by atoms with Gasteiger partial charge in [-0.15, -0.1) is 0 Å². The number of nitro benzene ring substituents is 1. The van der Waals surface area contributed by atoms with Crippen molar-refractivity contribution in [1.29, 1.82) is 0 Å². The first-order chi connectivity index (χ1) is 13.9. The van der Waals surface area contributed by atoms with Gasteiger partial charge in [-0.25, -0.2) is 0 Å². The summed E-state index contributed by atoms with van der Waals surface area (Å²) in [5, 5.41) is 12.1. The van der Waals surface area contributed by atoms with Gasteiger partial charge < -0.3 is 4.42 Å². The van der Waals surface area contributed by atoms with Crippen LogP contribution in [0.4, 0.5) is 5.69 Å². The van der Waals surface area contributed by atoms with E-state index < -0.39 is 10.8 Å². The van der Waals surface area contributed by atoms with Crippen molar-refractivity contribution in [1.82, 2.24) is 4.57 Å². The number of carbonyl (C=O) groups excluding carboxylic acids is 2. The first kappa shape index (κ1) is 18.4. The van der Waals surface area contributed by atoms with Gasteiger partial charge in [-0.3, -0.25) is 24.3 Å². The summed E-state index contributed by atoms with van der Waals surface area (Å²) >= 11 is 0. The van der Waals surface area contributed by atoms with Gasteiger partial charge in [-0.2, -0.15) is 0 Å². The number of hydrogen-bond acceptors (Lipinski definition) is 5. The van der Waals surface area contributed by atoms with Crippen LogP contribution in [-0.2, 0) is 0 Å². The maximum Gasteiger partial charge on any atom is 0.298 e. The average molecular weight is 388 g/mol. The first-order valence-corrected chi connectivity index (χ1v) is 8.87. The topological polar surface area (TPSA) is 95.3 Å². The smallest absolute Gasteiger partial charge is 0.298 e. The first-order valence-electron chi connectivity index (χ1n) is 8.87. The van der Waals surface area contributed by atoms with Gasteiger partial charge in [0.05, 0.1) is 16.0 Å². The molecule has 0 unspecified atom stereocenters. The van der Waals surface area contributed by atoms with Crippen molar-refractivity contribution in [2.24, 2.45) is 0 Å².